The van der Waals surface area contributed by atoms with Gasteiger partial charge < -0.3 is 9.47 Å². The molecule has 2 saturated heterocycles. The molecule has 2 amide bonds. The molecule has 3 aromatic rings. The van der Waals surface area contributed by atoms with Gasteiger partial charge in [-0.1, -0.05) is 48.5 Å². The summed E-state index contributed by atoms with van der Waals surface area (Å²) in [5.74, 6) is -0.536. The molecule has 2 heterocycles. The molecule has 0 aliphatic carbocycles. The molecule has 2 fully saturated rings. The predicted molar refractivity (Wildman–Crippen MR) is 162 cm³/mol. The summed E-state index contributed by atoms with van der Waals surface area (Å²) in [6.07, 6.45) is 3.16. The summed E-state index contributed by atoms with van der Waals surface area (Å²) >= 11 is 0. The number of carbonyl (C=O) groups is 2. The van der Waals surface area contributed by atoms with E-state index in [4.69, 9.17) is 9.47 Å². The van der Waals surface area contributed by atoms with Gasteiger partial charge in [0.15, 0.2) is 0 Å². The number of nitrogens with zero attached hydrogens (tertiary/aromatic N) is 4. The summed E-state index contributed by atoms with van der Waals surface area (Å²) < 4.78 is 10.8. The summed E-state index contributed by atoms with van der Waals surface area (Å²) in [7, 11) is 0. The Hall–Kier alpha value is -4.22. The number of morpholine rings is 2. The molecule has 0 saturated carbocycles. The van der Waals surface area contributed by atoms with Crippen LogP contribution in [0.4, 0.5) is 0 Å². The highest BCUT2D eigenvalue weighted by Gasteiger charge is 2.12. The molecular formula is C32H36N6O4. The van der Waals surface area contributed by atoms with Crippen molar-refractivity contribution < 1.29 is 19.1 Å². The maximum absolute atomic E-state index is 12.5. The highest BCUT2D eigenvalue weighted by atomic mass is 16.5. The standard InChI is InChI=1S/C32H36N6O4/c39-31(29-9-5-27(6-10-29)23-37-13-17-41-18-14-37)35-33-21-25-1-2-26(4-3-25)22-34-36-32(40)30-11-7-28(8-12-30)24-38-15-19-42-20-16-38/h1-12,21-22H,13-20,23-24H2,(H,35,39)(H,36,40). The Morgan fingerprint density at radius 2 is 0.952 bits per heavy atom. The van der Waals surface area contributed by atoms with Gasteiger partial charge in [0.25, 0.3) is 11.8 Å². The summed E-state index contributed by atoms with van der Waals surface area (Å²) in [6, 6.07) is 22.6. The molecule has 2 N–H and O–H groups in total. The molecule has 0 atom stereocenters. The van der Waals surface area contributed by atoms with E-state index in [9.17, 15) is 9.59 Å². The highest BCUT2D eigenvalue weighted by molar-refractivity contribution is 5.95. The van der Waals surface area contributed by atoms with Crippen LogP contribution in [0.25, 0.3) is 0 Å². The minimum atomic E-state index is -0.268. The Labute approximate surface area is 246 Å². The van der Waals surface area contributed by atoms with E-state index in [2.05, 4.69) is 30.9 Å². The SMILES string of the molecule is O=C(NN=Cc1ccc(C=NNC(=O)c2ccc(CN3CCOCC3)cc2)cc1)c1ccc(CN2CCOCC2)cc1. The third-order valence-corrected chi connectivity index (χ3v) is 7.15. The molecule has 10 heteroatoms. The van der Waals surface area contributed by atoms with Gasteiger partial charge in [-0.2, -0.15) is 10.2 Å². The Morgan fingerprint density at radius 1 is 0.595 bits per heavy atom. The fourth-order valence-electron chi connectivity index (χ4n) is 4.69. The van der Waals surface area contributed by atoms with Crippen molar-refractivity contribution in [2.24, 2.45) is 10.2 Å². The van der Waals surface area contributed by atoms with Crippen LogP contribution in [-0.4, -0.2) is 86.6 Å². The molecule has 42 heavy (non-hydrogen) atoms. The highest BCUT2D eigenvalue weighted by Crippen LogP contribution is 2.11. The van der Waals surface area contributed by atoms with Crippen LogP contribution in [0, 0.1) is 0 Å². The zero-order valence-electron chi connectivity index (χ0n) is 23.6. The quantitative estimate of drug-likeness (QED) is 0.288. The van der Waals surface area contributed by atoms with Crippen molar-refractivity contribution in [3.8, 4) is 0 Å². The van der Waals surface area contributed by atoms with Gasteiger partial charge in [-0.3, -0.25) is 19.4 Å². The van der Waals surface area contributed by atoms with Crippen molar-refractivity contribution in [1.29, 1.82) is 0 Å². The lowest BCUT2D eigenvalue weighted by atomic mass is 10.1. The lowest BCUT2D eigenvalue weighted by Gasteiger charge is -2.26. The summed E-state index contributed by atoms with van der Waals surface area (Å²) in [6.45, 7) is 8.44. The first kappa shape index (κ1) is 29.3. The second kappa shape index (κ2) is 15.1. The Morgan fingerprint density at radius 3 is 1.31 bits per heavy atom. The predicted octanol–water partition coefficient (Wildman–Crippen LogP) is 2.88. The van der Waals surface area contributed by atoms with Gasteiger partial charge >= 0.3 is 0 Å². The monoisotopic (exact) mass is 568 g/mol. The molecule has 0 spiro atoms. The Kier molecular flexibility index (Phi) is 10.5. The molecule has 5 rings (SSSR count). The number of hydrazone groups is 2. The van der Waals surface area contributed by atoms with Crippen LogP contribution < -0.4 is 10.9 Å². The first-order valence-electron chi connectivity index (χ1n) is 14.2. The van der Waals surface area contributed by atoms with E-state index in [1.54, 1.807) is 12.4 Å². The zero-order valence-corrected chi connectivity index (χ0v) is 23.6. The fraction of sp³-hybridized carbons (Fsp3) is 0.312. The number of nitrogens with one attached hydrogen (secondary N) is 2. The number of hydrogen-bond donors (Lipinski definition) is 2. The minimum Gasteiger partial charge on any atom is -0.379 e. The van der Waals surface area contributed by atoms with Crippen LogP contribution in [0.2, 0.25) is 0 Å². The van der Waals surface area contributed by atoms with E-state index in [0.29, 0.717) is 11.1 Å². The first-order valence-corrected chi connectivity index (χ1v) is 14.2. The van der Waals surface area contributed by atoms with Gasteiger partial charge in [0.05, 0.1) is 38.9 Å². The number of ether oxygens (including phenoxy) is 2. The van der Waals surface area contributed by atoms with Gasteiger partial charge in [-0.15, -0.1) is 0 Å². The van der Waals surface area contributed by atoms with Gasteiger partial charge in [-0.05, 0) is 46.5 Å². The second-order valence-electron chi connectivity index (χ2n) is 10.2. The van der Waals surface area contributed by atoms with Crippen molar-refractivity contribution in [3.63, 3.8) is 0 Å². The number of hydrogen-bond acceptors (Lipinski definition) is 8. The van der Waals surface area contributed by atoms with Crippen molar-refractivity contribution in [3.05, 3.63) is 106 Å². The maximum atomic E-state index is 12.5. The lowest BCUT2D eigenvalue weighted by Crippen LogP contribution is -2.35. The van der Waals surface area contributed by atoms with E-state index in [1.165, 1.54) is 0 Å². The molecular weight excluding hydrogens is 532 g/mol. The molecule has 10 nitrogen and oxygen atoms in total. The molecule has 2 aliphatic rings. The molecule has 0 unspecified atom stereocenters. The van der Waals surface area contributed by atoms with E-state index in [-0.39, 0.29) is 11.8 Å². The lowest BCUT2D eigenvalue weighted by molar-refractivity contribution is 0.0341. The number of benzene rings is 3. The van der Waals surface area contributed by atoms with Gasteiger partial charge in [-0.25, -0.2) is 10.9 Å². The third-order valence-electron chi connectivity index (χ3n) is 7.15. The average Bonchev–Trinajstić information content (AvgIpc) is 3.03. The van der Waals surface area contributed by atoms with Crippen LogP contribution in [0.5, 0.6) is 0 Å². The van der Waals surface area contributed by atoms with Crippen LogP contribution in [0.1, 0.15) is 43.0 Å². The summed E-state index contributed by atoms with van der Waals surface area (Å²) in [4.78, 5) is 29.6. The third kappa shape index (κ3) is 8.89. The topological polar surface area (TPSA) is 108 Å². The van der Waals surface area contributed by atoms with Crippen LogP contribution in [-0.2, 0) is 22.6 Å². The summed E-state index contributed by atoms with van der Waals surface area (Å²) in [5, 5.41) is 8.15. The fourth-order valence-corrected chi connectivity index (χ4v) is 4.69. The molecule has 218 valence electrons. The van der Waals surface area contributed by atoms with Crippen molar-refractivity contribution in [1.82, 2.24) is 20.7 Å². The van der Waals surface area contributed by atoms with E-state index >= 15 is 0 Å². The number of rotatable bonds is 10. The van der Waals surface area contributed by atoms with Gasteiger partial charge in [0, 0.05) is 50.4 Å². The second-order valence-corrected chi connectivity index (χ2v) is 10.2. The summed E-state index contributed by atoms with van der Waals surface area (Å²) in [5.41, 5.74) is 10.2. The molecule has 3 aromatic carbocycles. The van der Waals surface area contributed by atoms with Crippen molar-refractivity contribution in [2.75, 3.05) is 52.6 Å². The Bertz CT molecular complexity index is 1260. The normalized spacial score (nSPS) is 16.6. The van der Waals surface area contributed by atoms with E-state index < -0.39 is 0 Å². The number of carbonyl (C=O) groups excluding carboxylic acids is 2. The van der Waals surface area contributed by atoms with Crippen LogP contribution >= 0.6 is 0 Å². The van der Waals surface area contributed by atoms with Crippen molar-refractivity contribution >= 4 is 24.2 Å². The minimum absolute atomic E-state index is 0.268. The molecule has 0 bridgehead atoms. The first-order chi connectivity index (χ1) is 20.6. The van der Waals surface area contributed by atoms with Crippen LogP contribution in [0.3, 0.4) is 0 Å². The maximum Gasteiger partial charge on any atom is 0.271 e. The largest absolute Gasteiger partial charge is 0.379 e. The average molecular weight is 569 g/mol. The van der Waals surface area contributed by atoms with Gasteiger partial charge in [0.1, 0.15) is 0 Å². The smallest absolute Gasteiger partial charge is 0.271 e. The van der Waals surface area contributed by atoms with E-state index in [0.717, 1.165) is 87.9 Å². The molecule has 0 radical (unpaired) electrons. The Balaban J connectivity index is 1.04. The molecule has 0 aromatic heterocycles. The van der Waals surface area contributed by atoms with Crippen LogP contribution in [0.15, 0.2) is 83.0 Å². The zero-order chi connectivity index (χ0) is 29.0. The van der Waals surface area contributed by atoms with Gasteiger partial charge in [0.2, 0.25) is 0 Å². The van der Waals surface area contributed by atoms with Crippen molar-refractivity contribution in [2.45, 2.75) is 13.1 Å². The number of amides is 2. The van der Waals surface area contributed by atoms with E-state index in [1.807, 2.05) is 72.8 Å². The molecule has 2 aliphatic heterocycles.